The number of anilines is 1. The van der Waals surface area contributed by atoms with Crippen molar-refractivity contribution in [2.75, 3.05) is 10.8 Å². The van der Waals surface area contributed by atoms with Crippen molar-refractivity contribution in [3.63, 3.8) is 0 Å². The van der Waals surface area contributed by atoms with Gasteiger partial charge in [-0.25, -0.2) is 23.1 Å². The van der Waals surface area contributed by atoms with Crippen molar-refractivity contribution in [1.29, 1.82) is 0 Å². The van der Waals surface area contributed by atoms with Gasteiger partial charge >= 0.3 is 0 Å². The number of carbonyl (C=O) groups excluding carboxylic acids is 1. The van der Waals surface area contributed by atoms with Crippen LogP contribution in [0.4, 0.5) is 5.82 Å². The van der Waals surface area contributed by atoms with Crippen molar-refractivity contribution >= 4 is 39.3 Å². The molecule has 0 aliphatic heterocycles. The summed E-state index contributed by atoms with van der Waals surface area (Å²) < 4.78 is 27.0. The minimum absolute atomic E-state index is 0.0752. The number of hydrogen-bond acceptors (Lipinski definition) is 6. The van der Waals surface area contributed by atoms with Crippen LogP contribution in [0.15, 0.2) is 76.2 Å². The highest BCUT2D eigenvalue weighted by molar-refractivity contribution is 7.92. The van der Waals surface area contributed by atoms with Crippen LogP contribution in [0.5, 0.6) is 0 Å². The number of amides is 1. The Labute approximate surface area is 167 Å². The molecular weight excluding hydrogens is 396 g/mol. The fourth-order valence-electron chi connectivity index (χ4n) is 2.36. The van der Waals surface area contributed by atoms with Crippen molar-refractivity contribution < 1.29 is 13.2 Å². The predicted molar refractivity (Wildman–Crippen MR) is 110 cm³/mol. The second kappa shape index (κ2) is 8.77. The maximum Gasteiger partial charge on any atom is 0.265 e. The molecule has 0 aliphatic carbocycles. The normalized spacial score (nSPS) is 11.5. The molecular formula is C19H18N4O3S2. The molecule has 28 heavy (non-hydrogen) atoms. The van der Waals surface area contributed by atoms with E-state index in [2.05, 4.69) is 15.5 Å². The van der Waals surface area contributed by atoms with Crippen LogP contribution in [0.1, 0.15) is 10.4 Å². The van der Waals surface area contributed by atoms with E-state index in [4.69, 9.17) is 0 Å². The Hall–Kier alpha value is -3.04. The standard InChI is InChI=1S/C19H18N4O3S2/c1-15-10-12-27-17(15)13-21-22-19(24)14-23(18-9-5-6-11-20-18)28(25,26)16-7-3-2-4-8-16/h2-13H,14H2,1H3,(H,22,24)/b21-13-. The van der Waals surface area contributed by atoms with E-state index in [0.29, 0.717) is 0 Å². The summed E-state index contributed by atoms with van der Waals surface area (Å²) in [5, 5.41) is 5.84. The molecule has 0 bridgehead atoms. The summed E-state index contributed by atoms with van der Waals surface area (Å²) in [6.45, 7) is 1.49. The summed E-state index contributed by atoms with van der Waals surface area (Å²) in [5.74, 6) is -0.421. The Kier molecular flexibility index (Phi) is 6.17. The van der Waals surface area contributed by atoms with Gasteiger partial charge in [-0.15, -0.1) is 11.3 Å². The van der Waals surface area contributed by atoms with Gasteiger partial charge in [0.25, 0.3) is 15.9 Å². The first-order valence-electron chi connectivity index (χ1n) is 8.33. The molecule has 0 saturated heterocycles. The number of sulfonamides is 1. The summed E-state index contributed by atoms with van der Waals surface area (Å²) in [6, 6.07) is 14.7. The van der Waals surface area contributed by atoms with E-state index in [1.165, 1.54) is 41.9 Å². The highest BCUT2D eigenvalue weighted by atomic mass is 32.2. The van der Waals surface area contributed by atoms with Crippen molar-refractivity contribution in [3.8, 4) is 0 Å². The molecule has 144 valence electrons. The number of hydrogen-bond donors (Lipinski definition) is 1. The SMILES string of the molecule is Cc1ccsc1/C=N\NC(=O)CN(c1ccccn1)S(=O)(=O)c1ccccc1. The molecule has 1 amide bonds. The molecule has 0 atom stereocenters. The maximum absolute atomic E-state index is 13.0. The monoisotopic (exact) mass is 414 g/mol. The number of carbonyl (C=O) groups is 1. The minimum atomic E-state index is -3.96. The Bertz CT molecular complexity index is 1060. The zero-order valence-corrected chi connectivity index (χ0v) is 16.7. The number of rotatable bonds is 7. The van der Waals surface area contributed by atoms with Gasteiger partial charge in [0.2, 0.25) is 0 Å². The molecule has 7 nitrogen and oxygen atoms in total. The van der Waals surface area contributed by atoms with Gasteiger partial charge in [-0.1, -0.05) is 24.3 Å². The van der Waals surface area contributed by atoms with Crippen LogP contribution in [-0.2, 0) is 14.8 Å². The number of aromatic nitrogens is 1. The summed E-state index contributed by atoms with van der Waals surface area (Å²) in [4.78, 5) is 17.4. The van der Waals surface area contributed by atoms with Crippen molar-refractivity contribution in [3.05, 3.63) is 76.6 Å². The third-order valence-corrected chi connectivity index (χ3v) is 6.51. The summed E-state index contributed by atoms with van der Waals surface area (Å²) in [7, 11) is -3.96. The van der Waals surface area contributed by atoms with Crippen LogP contribution < -0.4 is 9.73 Å². The van der Waals surface area contributed by atoms with Gasteiger partial charge in [-0.3, -0.25) is 4.79 Å². The second-order valence-electron chi connectivity index (χ2n) is 5.77. The summed E-state index contributed by atoms with van der Waals surface area (Å²) in [5.41, 5.74) is 3.42. The zero-order chi connectivity index (χ0) is 20.0. The highest BCUT2D eigenvalue weighted by Gasteiger charge is 2.27. The molecule has 2 aromatic heterocycles. The molecule has 0 radical (unpaired) electrons. The van der Waals surface area contributed by atoms with E-state index in [9.17, 15) is 13.2 Å². The molecule has 3 aromatic rings. The maximum atomic E-state index is 13.0. The fraction of sp³-hybridized carbons (Fsp3) is 0.105. The Balaban J connectivity index is 1.81. The summed E-state index contributed by atoms with van der Waals surface area (Å²) >= 11 is 1.50. The molecule has 0 spiro atoms. The molecule has 0 saturated carbocycles. The number of pyridine rings is 1. The topological polar surface area (TPSA) is 91.7 Å². The van der Waals surface area contributed by atoms with Gasteiger partial charge < -0.3 is 0 Å². The van der Waals surface area contributed by atoms with E-state index in [0.717, 1.165) is 14.7 Å². The van der Waals surface area contributed by atoms with Gasteiger partial charge in [0.1, 0.15) is 12.4 Å². The fourth-order valence-corrected chi connectivity index (χ4v) is 4.54. The number of aryl methyl sites for hydroxylation is 1. The number of benzene rings is 1. The first kappa shape index (κ1) is 19.7. The Morgan fingerprint density at radius 2 is 1.93 bits per heavy atom. The number of thiophene rings is 1. The lowest BCUT2D eigenvalue weighted by molar-refractivity contribution is -0.119. The van der Waals surface area contributed by atoms with E-state index >= 15 is 0 Å². The highest BCUT2D eigenvalue weighted by Crippen LogP contribution is 2.21. The van der Waals surface area contributed by atoms with Gasteiger partial charge in [-0.05, 0) is 48.2 Å². The lowest BCUT2D eigenvalue weighted by Gasteiger charge is -2.22. The average Bonchev–Trinajstić information content (AvgIpc) is 3.12. The van der Waals surface area contributed by atoms with Crippen LogP contribution in [0, 0.1) is 6.92 Å². The molecule has 0 fully saturated rings. The first-order chi connectivity index (χ1) is 13.5. The lowest BCUT2D eigenvalue weighted by Crippen LogP contribution is -2.40. The largest absolute Gasteiger partial charge is 0.271 e. The van der Waals surface area contributed by atoms with Crippen LogP contribution in [0.3, 0.4) is 0 Å². The predicted octanol–water partition coefficient (Wildman–Crippen LogP) is 2.80. The average molecular weight is 415 g/mol. The van der Waals surface area contributed by atoms with E-state index in [-0.39, 0.29) is 10.7 Å². The van der Waals surface area contributed by atoms with Crippen LogP contribution in [-0.4, -0.2) is 32.1 Å². The third kappa shape index (κ3) is 4.62. The van der Waals surface area contributed by atoms with E-state index < -0.39 is 22.5 Å². The molecule has 3 rings (SSSR count). The quantitative estimate of drug-likeness (QED) is 0.475. The summed E-state index contributed by atoms with van der Waals surface area (Å²) in [6.07, 6.45) is 3.01. The van der Waals surface area contributed by atoms with Gasteiger partial charge in [0, 0.05) is 11.1 Å². The molecule has 0 unspecified atom stereocenters. The van der Waals surface area contributed by atoms with Crippen molar-refractivity contribution in [2.45, 2.75) is 11.8 Å². The zero-order valence-electron chi connectivity index (χ0n) is 15.0. The lowest BCUT2D eigenvalue weighted by atomic mass is 10.3. The van der Waals surface area contributed by atoms with E-state index in [1.54, 1.807) is 30.3 Å². The smallest absolute Gasteiger partial charge is 0.265 e. The van der Waals surface area contributed by atoms with Crippen LogP contribution >= 0.6 is 11.3 Å². The first-order valence-corrected chi connectivity index (χ1v) is 10.7. The van der Waals surface area contributed by atoms with Gasteiger partial charge in [-0.2, -0.15) is 5.10 Å². The van der Waals surface area contributed by atoms with E-state index in [1.807, 2.05) is 18.4 Å². The molecule has 9 heteroatoms. The Morgan fingerprint density at radius 3 is 2.57 bits per heavy atom. The van der Waals surface area contributed by atoms with Gasteiger partial charge in [0.15, 0.2) is 0 Å². The van der Waals surface area contributed by atoms with Crippen LogP contribution in [0.25, 0.3) is 0 Å². The third-order valence-electron chi connectivity index (χ3n) is 3.80. The number of nitrogens with zero attached hydrogens (tertiary/aromatic N) is 3. The van der Waals surface area contributed by atoms with Gasteiger partial charge in [0.05, 0.1) is 11.1 Å². The molecule has 0 aliphatic rings. The Morgan fingerprint density at radius 1 is 1.18 bits per heavy atom. The number of nitrogens with one attached hydrogen (secondary N) is 1. The molecule has 1 N–H and O–H groups in total. The van der Waals surface area contributed by atoms with Crippen LogP contribution in [0.2, 0.25) is 0 Å². The molecule has 2 heterocycles. The second-order valence-corrected chi connectivity index (χ2v) is 8.58. The molecule has 1 aromatic carbocycles. The van der Waals surface area contributed by atoms with Crippen molar-refractivity contribution in [1.82, 2.24) is 10.4 Å². The minimum Gasteiger partial charge on any atom is -0.271 e. The van der Waals surface area contributed by atoms with Crippen molar-refractivity contribution in [2.24, 2.45) is 5.10 Å². The number of hydrazone groups is 1.